The highest BCUT2D eigenvalue weighted by molar-refractivity contribution is 5.99. The number of aryl methyl sites for hydroxylation is 2. The van der Waals surface area contributed by atoms with Gasteiger partial charge in [0.1, 0.15) is 0 Å². The van der Waals surface area contributed by atoms with Gasteiger partial charge in [0.25, 0.3) is 0 Å². The summed E-state index contributed by atoms with van der Waals surface area (Å²) in [5, 5.41) is 9.41. The Morgan fingerprint density at radius 2 is 1.89 bits per heavy atom. The Balaban J connectivity index is 2.72. The predicted molar refractivity (Wildman–Crippen MR) is 73.5 cm³/mol. The Hall–Kier alpha value is -1.57. The molecule has 0 fully saturated rings. The lowest BCUT2D eigenvalue weighted by molar-refractivity contribution is -0.132. The topological polar surface area (TPSA) is 37.3 Å². The molecule has 1 aromatic rings. The van der Waals surface area contributed by atoms with Crippen molar-refractivity contribution in [3.05, 3.63) is 40.5 Å². The van der Waals surface area contributed by atoms with E-state index >= 15 is 0 Å². The second-order valence-electron chi connectivity index (χ2n) is 6.07. The van der Waals surface area contributed by atoms with Gasteiger partial charge in [0.05, 0.1) is 0 Å². The summed E-state index contributed by atoms with van der Waals surface area (Å²) >= 11 is 0. The number of fused-ring (bicyclic) bond motifs is 1. The second kappa shape index (κ2) is 4.27. The van der Waals surface area contributed by atoms with Crippen LogP contribution >= 0.6 is 0 Å². The minimum atomic E-state index is -0.771. The first kappa shape index (κ1) is 12.9. The van der Waals surface area contributed by atoms with Crippen LogP contribution in [-0.4, -0.2) is 11.1 Å². The van der Waals surface area contributed by atoms with Crippen LogP contribution in [0.2, 0.25) is 0 Å². The number of carboxylic acids is 1. The summed E-state index contributed by atoms with van der Waals surface area (Å²) in [4.78, 5) is 11.4. The largest absolute Gasteiger partial charge is 0.478 e. The molecule has 0 spiro atoms. The Morgan fingerprint density at radius 3 is 2.44 bits per heavy atom. The fourth-order valence-electron chi connectivity index (χ4n) is 2.76. The number of hydrogen-bond acceptors (Lipinski definition) is 1. The maximum absolute atomic E-state index is 11.4. The average Bonchev–Trinajstić information content (AvgIpc) is 2.25. The summed E-state index contributed by atoms with van der Waals surface area (Å²) in [7, 11) is 0. The molecule has 2 heteroatoms. The van der Waals surface area contributed by atoms with Gasteiger partial charge in [0.15, 0.2) is 0 Å². The molecule has 0 unspecified atom stereocenters. The lowest BCUT2D eigenvalue weighted by Crippen LogP contribution is -2.20. The van der Waals surface area contributed by atoms with Gasteiger partial charge in [0.2, 0.25) is 0 Å². The molecule has 1 aliphatic carbocycles. The molecule has 0 atom stereocenters. The molecule has 0 saturated heterocycles. The molecule has 0 bridgehead atoms. The zero-order valence-electron chi connectivity index (χ0n) is 11.5. The van der Waals surface area contributed by atoms with E-state index in [2.05, 4.69) is 45.9 Å². The van der Waals surface area contributed by atoms with Crippen LogP contribution in [0.5, 0.6) is 0 Å². The number of carboxylic acid groups (broad SMARTS) is 1. The van der Waals surface area contributed by atoms with Crippen LogP contribution in [-0.2, 0) is 11.2 Å². The Morgan fingerprint density at radius 1 is 1.22 bits per heavy atom. The molecule has 1 aliphatic rings. The van der Waals surface area contributed by atoms with Crippen LogP contribution in [0.15, 0.2) is 23.8 Å². The first-order valence-corrected chi connectivity index (χ1v) is 6.37. The number of benzene rings is 1. The molecule has 1 aromatic carbocycles. The van der Waals surface area contributed by atoms with Crippen LogP contribution in [0.4, 0.5) is 0 Å². The fraction of sp³-hybridized carbons (Fsp3) is 0.438. The number of hydrogen-bond donors (Lipinski definition) is 1. The Kier molecular flexibility index (Phi) is 3.05. The number of allylic oxidation sites excluding steroid dienone is 1. The summed E-state index contributed by atoms with van der Waals surface area (Å²) in [6.45, 7) is 8.31. The third kappa shape index (κ3) is 2.20. The van der Waals surface area contributed by atoms with E-state index in [4.69, 9.17) is 0 Å². The zero-order chi connectivity index (χ0) is 13.5. The molecule has 0 aliphatic heterocycles. The minimum absolute atomic E-state index is 0.142. The number of aliphatic carboxylic acids is 1. The Labute approximate surface area is 108 Å². The van der Waals surface area contributed by atoms with E-state index in [0.29, 0.717) is 12.0 Å². The molecule has 18 heavy (non-hydrogen) atoms. The lowest BCUT2D eigenvalue weighted by Gasteiger charge is -2.31. The predicted octanol–water partition coefficient (Wildman–Crippen LogP) is 3.83. The van der Waals surface area contributed by atoms with E-state index in [-0.39, 0.29) is 5.41 Å². The van der Waals surface area contributed by atoms with Crippen LogP contribution in [0.3, 0.4) is 0 Å². The smallest absolute Gasteiger partial charge is 0.331 e. The molecule has 1 N–H and O–H groups in total. The molecule has 2 rings (SSSR count). The molecule has 0 amide bonds. The van der Waals surface area contributed by atoms with Gasteiger partial charge in [-0.25, -0.2) is 4.79 Å². The zero-order valence-corrected chi connectivity index (χ0v) is 11.5. The van der Waals surface area contributed by atoms with Crippen molar-refractivity contribution in [3.63, 3.8) is 0 Å². The van der Waals surface area contributed by atoms with E-state index in [0.717, 1.165) is 17.6 Å². The van der Waals surface area contributed by atoms with E-state index in [1.807, 2.05) is 0 Å². The SMILES string of the molecule is Cc1ccc2c(c1)C(C(C)(C)C)=C(C(=O)O)CC2. The summed E-state index contributed by atoms with van der Waals surface area (Å²) in [6.07, 6.45) is 1.47. The minimum Gasteiger partial charge on any atom is -0.478 e. The Bertz CT molecular complexity index is 531. The normalized spacial score (nSPS) is 15.6. The van der Waals surface area contributed by atoms with Crippen molar-refractivity contribution in [1.82, 2.24) is 0 Å². The molecule has 0 aromatic heterocycles. The van der Waals surface area contributed by atoms with Crippen molar-refractivity contribution in [2.75, 3.05) is 0 Å². The van der Waals surface area contributed by atoms with E-state index in [1.165, 1.54) is 11.1 Å². The molecule has 96 valence electrons. The van der Waals surface area contributed by atoms with Crippen LogP contribution in [0.1, 0.15) is 43.9 Å². The highest BCUT2D eigenvalue weighted by atomic mass is 16.4. The number of carbonyl (C=O) groups is 1. The van der Waals surface area contributed by atoms with Gasteiger partial charge in [-0.05, 0) is 41.9 Å². The third-order valence-electron chi connectivity index (χ3n) is 3.49. The van der Waals surface area contributed by atoms with Crippen LogP contribution in [0.25, 0.3) is 5.57 Å². The average molecular weight is 244 g/mol. The summed E-state index contributed by atoms with van der Waals surface area (Å²) in [5.41, 5.74) is 5.03. The van der Waals surface area contributed by atoms with Gasteiger partial charge in [-0.2, -0.15) is 0 Å². The molecule has 0 saturated carbocycles. The van der Waals surface area contributed by atoms with Crippen molar-refractivity contribution in [2.24, 2.45) is 5.41 Å². The second-order valence-corrected chi connectivity index (χ2v) is 6.07. The number of rotatable bonds is 1. The highest BCUT2D eigenvalue weighted by Gasteiger charge is 2.30. The fourth-order valence-corrected chi connectivity index (χ4v) is 2.76. The first-order chi connectivity index (χ1) is 8.30. The van der Waals surface area contributed by atoms with Crippen molar-refractivity contribution < 1.29 is 9.90 Å². The van der Waals surface area contributed by atoms with Crippen LogP contribution in [0, 0.1) is 12.3 Å². The molecular weight excluding hydrogens is 224 g/mol. The van der Waals surface area contributed by atoms with Gasteiger partial charge in [-0.1, -0.05) is 44.5 Å². The van der Waals surface area contributed by atoms with E-state index in [9.17, 15) is 9.90 Å². The van der Waals surface area contributed by atoms with E-state index in [1.54, 1.807) is 0 Å². The summed E-state index contributed by atoms with van der Waals surface area (Å²) < 4.78 is 0. The third-order valence-corrected chi connectivity index (χ3v) is 3.49. The standard InChI is InChI=1S/C16H20O2/c1-10-5-6-11-7-8-12(15(17)18)14(13(11)9-10)16(2,3)4/h5-6,9H,7-8H2,1-4H3,(H,17,18). The quantitative estimate of drug-likeness (QED) is 0.815. The maximum atomic E-state index is 11.4. The van der Waals surface area contributed by atoms with Gasteiger partial charge < -0.3 is 5.11 Å². The molecular formula is C16H20O2. The van der Waals surface area contributed by atoms with Crippen molar-refractivity contribution >= 4 is 11.5 Å². The highest BCUT2D eigenvalue weighted by Crippen LogP contribution is 2.42. The molecule has 0 heterocycles. The first-order valence-electron chi connectivity index (χ1n) is 6.37. The maximum Gasteiger partial charge on any atom is 0.331 e. The van der Waals surface area contributed by atoms with Crippen molar-refractivity contribution in [1.29, 1.82) is 0 Å². The van der Waals surface area contributed by atoms with Crippen LogP contribution < -0.4 is 0 Å². The van der Waals surface area contributed by atoms with Gasteiger partial charge >= 0.3 is 5.97 Å². The molecule has 2 nitrogen and oxygen atoms in total. The monoisotopic (exact) mass is 244 g/mol. The van der Waals surface area contributed by atoms with Crippen molar-refractivity contribution in [2.45, 2.75) is 40.5 Å². The van der Waals surface area contributed by atoms with Gasteiger partial charge in [-0.3, -0.25) is 0 Å². The summed E-state index contributed by atoms with van der Waals surface area (Å²) in [5.74, 6) is -0.771. The lowest BCUT2D eigenvalue weighted by atomic mass is 9.73. The summed E-state index contributed by atoms with van der Waals surface area (Å²) in [6, 6.07) is 6.36. The molecule has 0 radical (unpaired) electrons. The van der Waals surface area contributed by atoms with Crippen molar-refractivity contribution in [3.8, 4) is 0 Å². The van der Waals surface area contributed by atoms with Gasteiger partial charge in [-0.15, -0.1) is 0 Å². The van der Waals surface area contributed by atoms with E-state index < -0.39 is 5.97 Å². The van der Waals surface area contributed by atoms with Gasteiger partial charge in [0, 0.05) is 5.57 Å².